The van der Waals surface area contributed by atoms with Crippen LogP contribution in [-0.4, -0.2) is 5.88 Å². The fraction of sp³-hybridized carbons (Fsp3) is 0.333. The molecule has 0 amide bonds. The second kappa shape index (κ2) is 1.36. The van der Waals surface area contributed by atoms with Crippen LogP contribution in [0.5, 0.6) is 0 Å². The minimum Gasteiger partial charge on any atom is -0.381 e. The summed E-state index contributed by atoms with van der Waals surface area (Å²) in [5, 5.41) is 3.52. The lowest BCUT2D eigenvalue weighted by Gasteiger charge is -1.77. The highest BCUT2D eigenvalue weighted by atomic mass is 32.2. The Morgan fingerprint density at radius 1 is 2.20 bits per heavy atom. The van der Waals surface area contributed by atoms with E-state index < -0.39 is 0 Å². The maximum Gasteiger partial charge on any atom is 0.0713 e. The Hall–Kier alpha value is -0.110. The molecular formula is C3H5NS. The molecule has 0 aromatic carbocycles. The molecule has 0 unspecified atom stereocenters. The molecule has 0 fully saturated rings. The van der Waals surface area contributed by atoms with Gasteiger partial charge in [-0.25, -0.2) is 0 Å². The van der Waals surface area contributed by atoms with Crippen molar-refractivity contribution in [3.8, 4) is 0 Å². The first-order chi connectivity index (χ1) is 2.89. The molecule has 0 bridgehead atoms. The largest absolute Gasteiger partial charge is 0.381 e. The van der Waals surface area contributed by atoms with Crippen LogP contribution >= 0.6 is 11.8 Å². The van der Waals surface area contributed by atoms with Gasteiger partial charge in [0.25, 0.3) is 0 Å². The highest BCUT2D eigenvalue weighted by molar-refractivity contribution is 8.02. The second-order valence-electron chi connectivity index (χ2n) is 0.755. The van der Waals surface area contributed by atoms with Crippen LogP contribution in [0.15, 0.2) is 11.6 Å². The molecule has 5 heavy (non-hydrogen) atoms. The summed E-state index contributed by atoms with van der Waals surface area (Å²) in [5.74, 6) is 0.874. The fourth-order valence-corrected chi connectivity index (χ4v) is 0.625. The van der Waals surface area contributed by atoms with E-state index in [1.54, 1.807) is 6.20 Å². The summed E-state index contributed by atoms with van der Waals surface area (Å²) in [6.45, 7) is 0. The van der Waals surface area contributed by atoms with Crippen molar-refractivity contribution >= 4 is 11.8 Å². The quantitative estimate of drug-likeness (QED) is 0.469. The Morgan fingerprint density at radius 2 is 3.20 bits per heavy atom. The van der Waals surface area contributed by atoms with Crippen molar-refractivity contribution in [3.63, 3.8) is 0 Å². The third-order valence-electron chi connectivity index (χ3n) is 0.400. The van der Waals surface area contributed by atoms with Crippen LogP contribution in [-0.2, 0) is 0 Å². The van der Waals surface area contributed by atoms with Crippen molar-refractivity contribution in [2.45, 2.75) is 0 Å². The molecular weight excluding hydrogens is 82.1 g/mol. The molecule has 0 spiro atoms. The van der Waals surface area contributed by atoms with Crippen molar-refractivity contribution < 1.29 is 1.37 Å². The normalized spacial score (nSPS) is 24.0. The van der Waals surface area contributed by atoms with Gasteiger partial charge in [-0.2, -0.15) is 0 Å². The molecule has 0 aromatic heterocycles. The monoisotopic (exact) mass is 88.0 g/mol. The van der Waals surface area contributed by atoms with Gasteiger partial charge in [0.05, 0.1) is 7.25 Å². The van der Waals surface area contributed by atoms with Crippen molar-refractivity contribution in [2.75, 3.05) is 5.88 Å². The zero-order valence-corrected chi connectivity index (χ0v) is 3.51. The molecule has 0 radical (unpaired) electrons. The lowest BCUT2D eigenvalue weighted by atomic mass is 11.0. The topological polar surface area (TPSA) is 12.0 Å². The molecule has 1 aliphatic rings. The Morgan fingerprint density at radius 3 is 3.40 bits per heavy atom. The maximum atomic E-state index is 6.89. The molecule has 1 nitrogen and oxygen atoms in total. The average molecular weight is 88.2 g/mol. The molecule has 0 atom stereocenters. The van der Waals surface area contributed by atoms with E-state index in [-0.39, 0.29) is 0 Å². The van der Waals surface area contributed by atoms with Crippen LogP contribution in [0.2, 0.25) is 0 Å². The van der Waals surface area contributed by atoms with Gasteiger partial charge in [0.1, 0.15) is 0 Å². The number of nitrogens with one attached hydrogen (secondary N) is 1. The van der Waals surface area contributed by atoms with Crippen LogP contribution < -0.4 is 5.32 Å². The van der Waals surface area contributed by atoms with Gasteiger partial charge < -0.3 is 5.32 Å². The first kappa shape index (κ1) is 2.13. The zero-order valence-electron chi connectivity index (χ0n) is 3.69. The predicted molar refractivity (Wildman–Crippen MR) is 24.7 cm³/mol. The molecule has 1 rings (SSSR count). The number of rotatable bonds is 0. The van der Waals surface area contributed by atoms with Gasteiger partial charge in [-0.05, 0) is 5.38 Å². The summed E-state index contributed by atoms with van der Waals surface area (Å²) in [7, 11) is 0. The highest BCUT2D eigenvalue weighted by Crippen LogP contribution is 2.02. The summed E-state index contributed by atoms with van der Waals surface area (Å²) in [4.78, 5) is 0. The highest BCUT2D eigenvalue weighted by Gasteiger charge is 1.81. The Labute approximate surface area is 36.9 Å². The lowest BCUT2D eigenvalue weighted by Crippen LogP contribution is -1.93. The van der Waals surface area contributed by atoms with E-state index in [0.717, 1.165) is 5.88 Å². The molecule has 0 saturated carbocycles. The number of hydrogen-bond acceptors (Lipinski definition) is 2. The van der Waals surface area contributed by atoms with Crippen molar-refractivity contribution in [3.05, 3.63) is 11.6 Å². The standard InChI is InChI=1S/C3H5NS/c1-2-5-3-4-1/h1-2,4H,3H2/i2D. The molecule has 1 N–H and O–H groups in total. The van der Waals surface area contributed by atoms with Gasteiger partial charge in [0, 0.05) is 6.20 Å². The summed E-state index contributed by atoms with van der Waals surface area (Å²) in [6, 6.07) is 0. The van der Waals surface area contributed by atoms with E-state index in [2.05, 4.69) is 5.32 Å². The number of thioether (sulfide) groups is 1. The molecule has 0 saturated heterocycles. The SMILES string of the molecule is [2H]C1=CNCS1. The third kappa shape index (κ3) is 0.581. The zero-order chi connectivity index (χ0) is 4.41. The average Bonchev–Trinajstić information content (AvgIpc) is 1.86. The van der Waals surface area contributed by atoms with E-state index in [4.69, 9.17) is 1.37 Å². The van der Waals surface area contributed by atoms with Gasteiger partial charge in [-0.15, -0.1) is 11.8 Å². The van der Waals surface area contributed by atoms with Crippen molar-refractivity contribution in [1.29, 1.82) is 0 Å². The van der Waals surface area contributed by atoms with Crippen LogP contribution in [0.3, 0.4) is 0 Å². The summed E-state index contributed by atoms with van der Waals surface area (Å²) in [6.07, 6.45) is 1.70. The van der Waals surface area contributed by atoms with Crippen LogP contribution in [0.1, 0.15) is 1.37 Å². The molecule has 1 aliphatic heterocycles. The van der Waals surface area contributed by atoms with Gasteiger partial charge in [-0.1, -0.05) is 0 Å². The smallest absolute Gasteiger partial charge is 0.0713 e. The van der Waals surface area contributed by atoms with Crippen LogP contribution in [0, 0.1) is 0 Å². The number of hydrogen-bond donors (Lipinski definition) is 1. The van der Waals surface area contributed by atoms with E-state index in [1.807, 2.05) is 0 Å². The fourth-order valence-electron chi connectivity index (χ4n) is 0.208. The van der Waals surface area contributed by atoms with Crippen LogP contribution in [0.4, 0.5) is 0 Å². The van der Waals surface area contributed by atoms with E-state index in [1.165, 1.54) is 11.8 Å². The Kier molecular flexibility index (Phi) is 0.580. The summed E-state index contributed by atoms with van der Waals surface area (Å²) in [5.41, 5.74) is 0. The second-order valence-corrected chi connectivity index (χ2v) is 1.57. The molecule has 2 heteroatoms. The van der Waals surface area contributed by atoms with Gasteiger partial charge >= 0.3 is 0 Å². The van der Waals surface area contributed by atoms with E-state index >= 15 is 0 Å². The van der Waals surface area contributed by atoms with Gasteiger partial charge in [0.15, 0.2) is 0 Å². The summed E-state index contributed by atoms with van der Waals surface area (Å²) >= 11 is 1.51. The molecule has 1 heterocycles. The van der Waals surface area contributed by atoms with E-state index in [0.29, 0.717) is 5.38 Å². The Bertz CT molecular complexity index is 80.9. The first-order valence-corrected chi connectivity index (χ1v) is 2.41. The van der Waals surface area contributed by atoms with Gasteiger partial charge in [0.2, 0.25) is 0 Å². The minimum atomic E-state index is 0.634. The Balaban J connectivity index is 2.45. The maximum absolute atomic E-state index is 6.89. The lowest BCUT2D eigenvalue weighted by molar-refractivity contribution is 1.08. The predicted octanol–water partition coefficient (Wildman–Crippen LogP) is 0.752. The molecule has 0 aliphatic carbocycles. The molecule has 28 valence electrons. The summed E-state index contributed by atoms with van der Waals surface area (Å²) < 4.78 is 6.89. The third-order valence-corrected chi connectivity index (χ3v) is 0.995. The van der Waals surface area contributed by atoms with E-state index in [9.17, 15) is 0 Å². The van der Waals surface area contributed by atoms with Gasteiger partial charge in [-0.3, -0.25) is 0 Å². The first-order valence-electron chi connectivity index (χ1n) is 1.92. The van der Waals surface area contributed by atoms with Crippen molar-refractivity contribution in [1.82, 2.24) is 5.32 Å². The molecule has 0 aromatic rings. The minimum absolute atomic E-state index is 0.634. The van der Waals surface area contributed by atoms with Crippen LogP contribution in [0.25, 0.3) is 0 Å². The van der Waals surface area contributed by atoms with Crippen molar-refractivity contribution in [2.24, 2.45) is 0 Å².